The zero-order valence-corrected chi connectivity index (χ0v) is 12.4. The molecule has 0 unspecified atom stereocenters. The molecule has 1 aromatic carbocycles. The number of aromatic nitrogens is 1. The van der Waals surface area contributed by atoms with Crippen LogP contribution in [0.15, 0.2) is 30.3 Å². The van der Waals surface area contributed by atoms with Crippen LogP contribution in [0, 0.1) is 6.92 Å². The van der Waals surface area contributed by atoms with Gasteiger partial charge in [0.2, 0.25) is 0 Å². The first-order valence-corrected chi connectivity index (χ1v) is 6.61. The van der Waals surface area contributed by atoms with Crippen molar-refractivity contribution in [3.05, 3.63) is 57.3 Å². The summed E-state index contributed by atoms with van der Waals surface area (Å²) < 4.78 is 0. The van der Waals surface area contributed by atoms with E-state index < -0.39 is 11.9 Å². The highest BCUT2D eigenvalue weighted by Gasteiger charge is 2.12. The molecule has 5 nitrogen and oxygen atoms in total. The number of anilines is 1. The van der Waals surface area contributed by atoms with Crippen LogP contribution in [-0.4, -0.2) is 22.0 Å². The molecule has 0 aliphatic rings. The van der Waals surface area contributed by atoms with E-state index >= 15 is 0 Å². The number of carboxylic acid groups (broad SMARTS) is 1. The number of hydrogen-bond acceptors (Lipinski definition) is 3. The van der Waals surface area contributed by atoms with Crippen molar-refractivity contribution in [3.63, 3.8) is 0 Å². The van der Waals surface area contributed by atoms with E-state index in [2.05, 4.69) is 10.3 Å². The summed E-state index contributed by atoms with van der Waals surface area (Å²) in [6.07, 6.45) is 0. The number of hydrogen-bond donors (Lipinski definition) is 2. The summed E-state index contributed by atoms with van der Waals surface area (Å²) in [6, 6.07) is 7.22. The van der Waals surface area contributed by atoms with Gasteiger partial charge in [-0.25, -0.2) is 9.78 Å². The minimum absolute atomic E-state index is 0.0849. The molecular weight excluding hydrogens is 315 g/mol. The number of nitrogens with zero attached hydrogens (tertiary/aromatic N) is 1. The SMILES string of the molecule is Cc1ccc(C(=O)O)cc1NC(=O)c1cc(Cl)nc(Cl)c1. The summed E-state index contributed by atoms with van der Waals surface area (Å²) in [5, 5.41) is 11.8. The highest BCUT2D eigenvalue weighted by Crippen LogP contribution is 2.20. The third-order valence-corrected chi connectivity index (χ3v) is 3.14. The first-order chi connectivity index (χ1) is 9.86. The quantitative estimate of drug-likeness (QED) is 0.844. The lowest BCUT2D eigenvalue weighted by Crippen LogP contribution is -2.13. The Morgan fingerprint density at radius 2 is 1.71 bits per heavy atom. The van der Waals surface area contributed by atoms with Crippen LogP contribution in [-0.2, 0) is 0 Å². The van der Waals surface area contributed by atoms with Crippen molar-refractivity contribution in [2.75, 3.05) is 5.32 Å². The van der Waals surface area contributed by atoms with Gasteiger partial charge in [0.25, 0.3) is 5.91 Å². The number of carbonyl (C=O) groups excluding carboxylic acids is 1. The fourth-order valence-corrected chi connectivity index (χ4v) is 2.14. The molecule has 1 amide bonds. The van der Waals surface area contributed by atoms with E-state index in [0.29, 0.717) is 5.69 Å². The van der Waals surface area contributed by atoms with Gasteiger partial charge >= 0.3 is 5.97 Å². The smallest absolute Gasteiger partial charge is 0.335 e. The minimum Gasteiger partial charge on any atom is -0.478 e. The van der Waals surface area contributed by atoms with Crippen molar-refractivity contribution < 1.29 is 14.7 Å². The Balaban J connectivity index is 2.31. The maximum absolute atomic E-state index is 12.1. The number of pyridine rings is 1. The van der Waals surface area contributed by atoms with Crippen LogP contribution in [0.2, 0.25) is 10.3 Å². The molecule has 7 heteroatoms. The van der Waals surface area contributed by atoms with E-state index in [4.69, 9.17) is 28.3 Å². The maximum atomic E-state index is 12.1. The molecule has 0 aliphatic carbocycles. The predicted molar refractivity (Wildman–Crippen MR) is 80.3 cm³/mol. The van der Waals surface area contributed by atoms with Crippen LogP contribution >= 0.6 is 23.2 Å². The van der Waals surface area contributed by atoms with Gasteiger partial charge in [0.1, 0.15) is 10.3 Å². The summed E-state index contributed by atoms with van der Waals surface area (Å²) >= 11 is 11.5. The van der Waals surface area contributed by atoms with Crippen LogP contribution in [0.25, 0.3) is 0 Å². The number of rotatable bonds is 3. The number of aromatic carboxylic acids is 1. The average molecular weight is 325 g/mol. The number of aryl methyl sites for hydroxylation is 1. The van der Waals surface area contributed by atoms with Gasteiger partial charge in [0.05, 0.1) is 5.56 Å². The highest BCUT2D eigenvalue weighted by atomic mass is 35.5. The molecule has 0 atom stereocenters. The molecule has 2 aromatic rings. The molecule has 1 aromatic heterocycles. The lowest BCUT2D eigenvalue weighted by atomic mass is 10.1. The number of carbonyl (C=O) groups is 2. The number of carboxylic acids is 1. The molecular formula is C14H10Cl2N2O3. The van der Waals surface area contributed by atoms with Crippen molar-refractivity contribution in [3.8, 4) is 0 Å². The van der Waals surface area contributed by atoms with Gasteiger partial charge in [0, 0.05) is 11.3 Å². The molecule has 0 saturated heterocycles. The summed E-state index contributed by atoms with van der Waals surface area (Å²) in [7, 11) is 0. The van der Waals surface area contributed by atoms with Gasteiger partial charge in [-0.3, -0.25) is 4.79 Å². The lowest BCUT2D eigenvalue weighted by molar-refractivity contribution is 0.0696. The Morgan fingerprint density at radius 3 is 2.29 bits per heavy atom. The molecule has 0 bridgehead atoms. The summed E-state index contributed by atoms with van der Waals surface area (Å²) in [6.45, 7) is 1.76. The first-order valence-electron chi connectivity index (χ1n) is 5.85. The molecule has 21 heavy (non-hydrogen) atoms. The summed E-state index contributed by atoms with van der Waals surface area (Å²) in [5.41, 5.74) is 1.46. The molecule has 2 N–H and O–H groups in total. The van der Waals surface area contributed by atoms with Gasteiger partial charge in [-0.05, 0) is 36.8 Å². The molecule has 0 radical (unpaired) electrons. The Morgan fingerprint density at radius 1 is 1.10 bits per heavy atom. The fourth-order valence-electron chi connectivity index (χ4n) is 1.68. The Hall–Kier alpha value is -2.11. The molecule has 0 fully saturated rings. The van der Waals surface area contributed by atoms with Crippen molar-refractivity contribution in [2.24, 2.45) is 0 Å². The molecule has 108 valence electrons. The fraction of sp³-hybridized carbons (Fsp3) is 0.0714. The zero-order chi connectivity index (χ0) is 15.6. The van der Waals surface area contributed by atoms with Crippen molar-refractivity contribution in [1.82, 2.24) is 4.98 Å². The first kappa shape index (κ1) is 15.3. The van der Waals surface area contributed by atoms with Gasteiger partial charge < -0.3 is 10.4 Å². The number of amides is 1. The average Bonchev–Trinajstić information content (AvgIpc) is 2.39. The lowest BCUT2D eigenvalue weighted by Gasteiger charge is -2.09. The largest absolute Gasteiger partial charge is 0.478 e. The monoisotopic (exact) mass is 324 g/mol. The van der Waals surface area contributed by atoms with Crippen molar-refractivity contribution in [1.29, 1.82) is 0 Å². The second kappa shape index (κ2) is 6.11. The highest BCUT2D eigenvalue weighted by molar-refractivity contribution is 6.33. The van der Waals surface area contributed by atoms with Crippen molar-refractivity contribution >= 4 is 40.8 Å². The number of nitrogens with one attached hydrogen (secondary N) is 1. The van der Waals surface area contributed by atoms with E-state index in [1.807, 2.05) is 0 Å². The Bertz CT molecular complexity index is 712. The Kier molecular flexibility index (Phi) is 4.45. The molecule has 1 heterocycles. The van der Waals surface area contributed by atoms with Crippen molar-refractivity contribution in [2.45, 2.75) is 6.92 Å². The van der Waals surface area contributed by atoms with Crippen LogP contribution < -0.4 is 5.32 Å². The third-order valence-electron chi connectivity index (χ3n) is 2.76. The van der Waals surface area contributed by atoms with Gasteiger partial charge in [-0.1, -0.05) is 29.3 Å². The van der Waals surface area contributed by atoms with E-state index in [9.17, 15) is 9.59 Å². The van der Waals surface area contributed by atoms with Gasteiger partial charge in [-0.2, -0.15) is 0 Å². The Labute approximate surface area is 130 Å². The summed E-state index contributed by atoms with van der Waals surface area (Å²) in [4.78, 5) is 26.9. The molecule has 0 spiro atoms. The molecule has 2 rings (SSSR count). The molecule has 0 saturated carbocycles. The van der Waals surface area contributed by atoms with E-state index in [1.165, 1.54) is 24.3 Å². The van der Waals surface area contributed by atoms with Gasteiger partial charge in [-0.15, -0.1) is 0 Å². The maximum Gasteiger partial charge on any atom is 0.335 e. The minimum atomic E-state index is -1.07. The van der Waals surface area contributed by atoms with Crippen LogP contribution in [0.1, 0.15) is 26.3 Å². The second-order valence-corrected chi connectivity index (χ2v) is 5.06. The second-order valence-electron chi connectivity index (χ2n) is 4.29. The number of benzene rings is 1. The normalized spacial score (nSPS) is 10.2. The van der Waals surface area contributed by atoms with Crippen LogP contribution in [0.5, 0.6) is 0 Å². The number of halogens is 2. The van der Waals surface area contributed by atoms with Gasteiger partial charge in [0.15, 0.2) is 0 Å². The molecule has 0 aliphatic heterocycles. The van der Waals surface area contributed by atoms with E-state index in [1.54, 1.807) is 13.0 Å². The van der Waals surface area contributed by atoms with E-state index in [0.717, 1.165) is 5.56 Å². The van der Waals surface area contributed by atoms with E-state index in [-0.39, 0.29) is 21.4 Å². The predicted octanol–water partition coefficient (Wildman–Crippen LogP) is 3.65. The summed E-state index contributed by atoms with van der Waals surface area (Å²) in [5.74, 6) is -1.52. The van der Waals surface area contributed by atoms with Crippen LogP contribution in [0.4, 0.5) is 5.69 Å². The zero-order valence-electron chi connectivity index (χ0n) is 10.9. The van der Waals surface area contributed by atoms with Crippen LogP contribution in [0.3, 0.4) is 0 Å². The third kappa shape index (κ3) is 3.71. The topological polar surface area (TPSA) is 79.3 Å². The standard InChI is InChI=1S/C14H10Cl2N2O3/c1-7-2-3-8(14(20)21)4-10(7)17-13(19)9-5-11(15)18-12(16)6-9/h2-6H,1H3,(H,17,19)(H,20,21).